The first-order valence-corrected chi connectivity index (χ1v) is 7.79. The van der Waals surface area contributed by atoms with Gasteiger partial charge in [0.05, 0.1) is 11.6 Å². The van der Waals surface area contributed by atoms with E-state index in [1.54, 1.807) is 6.07 Å². The van der Waals surface area contributed by atoms with Gasteiger partial charge in [0.2, 0.25) is 0 Å². The Morgan fingerprint density at radius 3 is 2.48 bits per heavy atom. The molecule has 2 rings (SSSR count). The van der Waals surface area contributed by atoms with Gasteiger partial charge in [-0.05, 0) is 43.7 Å². The number of hydrogen-bond acceptors (Lipinski definition) is 3. The largest absolute Gasteiger partial charge is 0.489 e. The van der Waals surface area contributed by atoms with Crippen LogP contribution in [0.15, 0.2) is 42.5 Å². The first-order valence-electron chi connectivity index (χ1n) is 7.41. The molecule has 0 bridgehead atoms. The van der Waals surface area contributed by atoms with Crippen LogP contribution in [0.25, 0.3) is 0 Å². The Morgan fingerprint density at radius 2 is 1.87 bits per heavy atom. The summed E-state index contributed by atoms with van der Waals surface area (Å²) in [6.45, 7) is 4.91. The van der Waals surface area contributed by atoms with Crippen molar-refractivity contribution in [1.29, 1.82) is 0 Å². The van der Waals surface area contributed by atoms with Crippen LogP contribution in [-0.2, 0) is 13.2 Å². The van der Waals surface area contributed by atoms with Crippen LogP contribution in [0.3, 0.4) is 0 Å². The average Bonchev–Trinajstić information content (AvgIpc) is 2.53. The summed E-state index contributed by atoms with van der Waals surface area (Å²) >= 11 is 5.97. The number of aliphatic hydroxyl groups is 1. The molecule has 0 aromatic heterocycles. The Morgan fingerprint density at radius 1 is 1.17 bits per heavy atom. The SMILES string of the molecule is CC(C)(CO)NCc1ccc(OCc2ccc(F)cc2Cl)cc1. The molecule has 0 aliphatic rings. The molecule has 0 radical (unpaired) electrons. The number of ether oxygens (including phenoxy) is 1. The van der Waals surface area contributed by atoms with Gasteiger partial charge in [-0.25, -0.2) is 4.39 Å². The number of halogens is 2. The molecule has 0 amide bonds. The van der Waals surface area contributed by atoms with Gasteiger partial charge in [0.25, 0.3) is 0 Å². The molecule has 2 aromatic rings. The fourth-order valence-corrected chi connectivity index (χ4v) is 2.12. The number of hydrogen-bond donors (Lipinski definition) is 2. The maximum Gasteiger partial charge on any atom is 0.124 e. The van der Waals surface area contributed by atoms with Crippen molar-refractivity contribution in [3.05, 3.63) is 64.4 Å². The van der Waals surface area contributed by atoms with Gasteiger partial charge < -0.3 is 15.2 Å². The Balaban J connectivity index is 1.90. The van der Waals surface area contributed by atoms with E-state index in [1.165, 1.54) is 12.1 Å². The highest BCUT2D eigenvalue weighted by Crippen LogP contribution is 2.20. The predicted molar refractivity (Wildman–Crippen MR) is 90.2 cm³/mol. The molecule has 2 aromatic carbocycles. The highest BCUT2D eigenvalue weighted by Gasteiger charge is 2.14. The molecule has 2 N–H and O–H groups in total. The van der Waals surface area contributed by atoms with Crippen molar-refractivity contribution in [1.82, 2.24) is 5.32 Å². The van der Waals surface area contributed by atoms with Crippen molar-refractivity contribution in [3.8, 4) is 5.75 Å². The number of rotatable bonds is 7. The molecule has 23 heavy (non-hydrogen) atoms. The van der Waals surface area contributed by atoms with E-state index in [0.717, 1.165) is 16.9 Å². The Bertz CT molecular complexity index is 644. The summed E-state index contributed by atoms with van der Waals surface area (Å²) in [5, 5.41) is 12.8. The third kappa shape index (κ3) is 5.50. The van der Waals surface area contributed by atoms with Crippen molar-refractivity contribution in [2.24, 2.45) is 0 Å². The van der Waals surface area contributed by atoms with Gasteiger partial charge in [0.15, 0.2) is 0 Å². The van der Waals surface area contributed by atoms with Gasteiger partial charge >= 0.3 is 0 Å². The summed E-state index contributed by atoms with van der Waals surface area (Å²) in [5.74, 6) is 0.358. The molecule has 0 atom stereocenters. The average molecular weight is 338 g/mol. The second-order valence-electron chi connectivity index (χ2n) is 6.06. The van der Waals surface area contributed by atoms with Crippen molar-refractivity contribution < 1.29 is 14.2 Å². The third-order valence-corrected chi connectivity index (χ3v) is 3.85. The summed E-state index contributed by atoms with van der Waals surface area (Å²) in [5.41, 5.74) is 1.52. The van der Waals surface area contributed by atoms with E-state index in [2.05, 4.69) is 5.32 Å². The molecule has 0 fully saturated rings. The lowest BCUT2D eigenvalue weighted by Gasteiger charge is -2.23. The molecule has 0 unspecified atom stereocenters. The molecule has 3 nitrogen and oxygen atoms in total. The van der Waals surface area contributed by atoms with Crippen molar-refractivity contribution in [3.63, 3.8) is 0 Å². The van der Waals surface area contributed by atoms with Crippen LogP contribution in [0.2, 0.25) is 5.02 Å². The summed E-state index contributed by atoms with van der Waals surface area (Å²) in [7, 11) is 0. The van der Waals surface area contributed by atoms with Crippen LogP contribution in [-0.4, -0.2) is 17.3 Å². The van der Waals surface area contributed by atoms with Crippen LogP contribution in [0.4, 0.5) is 4.39 Å². The normalized spacial score (nSPS) is 11.5. The molecule has 0 saturated heterocycles. The van der Waals surface area contributed by atoms with Gasteiger partial charge in [-0.3, -0.25) is 0 Å². The Labute approximate surface area is 141 Å². The first kappa shape index (κ1) is 17.7. The number of nitrogens with one attached hydrogen (secondary N) is 1. The Kier molecular flexibility index (Phi) is 5.99. The zero-order valence-corrected chi connectivity index (χ0v) is 14.0. The maximum absolute atomic E-state index is 13.0. The second-order valence-corrected chi connectivity index (χ2v) is 6.47. The van der Waals surface area contributed by atoms with Gasteiger partial charge in [-0.1, -0.05) is 29.8 Å². The molecule has 0 aliphatic carbocycles. The molecule has 5 heteroatoms. The van der Waals surface area contributed by atoms with E-state index in [9.17, 15) is 9.50 Å². The van der Waals surface area contributed by atoms with E-state index < -0.39 is 0 Å². The molecule has 0 spiro atoms. The smallest absolute Gasteiger partial charge is 0.124 e. The van der Waals surface area contributed by atoms with Gasteiger partial charge in [0, 0.05) is 17.6 Å². The molecular weight excluding hydrogens is 317 g/mol. The fraction of sp³-hybridized carbons (Fsp3) is 0.333. The zero-order valence-electron chi connectivity index (χ0n) is 13.3. The van der Waals surface area contributed by atoms with E-state index in [1.807, 2.05) is 38.1 Å². The third-order valence-electron chi connectivity index (χ3n) is 3.50. The van der Waals surface area contributed by atoms with Crippen molar-refractivity contribution >= 4 is 11.6 Å². The molecule has 0 heterocycles. The van der Waals surface area contributed by atoms with Crippen LogP contribution in [0.5, 0.6) is 5.75 Å². The number of aliphatic hydroxyl groups excluding tert-OH is 1. The van der Waals surface area contributed by atoms with Crippen molar-refractivity contribution in [2.75, 3.05) is 6.61 Å². The van der Waals surface area contributed by atoms with Gasteiger partial charge in [0.1, 0.15) is 18.2 Å². The van der Waals surface area contributed by atoms with Crippen LogP contribution >= 0.6 is 11.6 Å². The minimum Gasteiger partial charge on any atom is -0.489 e. The van der Waals surface area contributed by atoms with Crippen molar-refractivity contribution in [2.45, 2.75) is 32.5 Å². The van der Waals surface area contributed by atoms with E-state index in [0.29, 0.717) is 11.6 Å². The van der Waals surface area contributed by atoms with Gasteiger partial charge in [-0.2, -0.15) is 0 Å². The minimum atomic E-state index is -0.360. The van der Waals surface area contributed by atoms with Crippen LogP contribution in [0, 0.1) is 5.82 Å². The second kappa shape index (κ2) is 7.77. The quantitative estimate of drug-likeness (QED) is 0.804. The van der Waals surface area contributed by atoms with E-state index in [-0.39, 0.29) is 24.6 Å². The predicted octanol–water partition coefficient (Wildman–Crippen LogP) is 3.92. The molecule has 124 valence electrons. The summed E-state index contributed by atoms with van der Waals surface area (Å²) in [6.07, 6.45) is 0. The summed E-state index contributed by atoms with van der Waals surface area (Å²) in [6, 6.07) is 11.9. The summed E-state index contributed by atoms with van der Waals surface area (Å²) in [4.78, 5) is 0. The van der Waals surface area contributed by atoms with Gasteiger partial charge in [-0.15, -0.1) is 0 Å². The fourth-order valence-electron chi connectivity index (χ4n) is 1.90. The first-order chi connectivity index (χ1) is 10.9. The van der Waals surface area contributed by atoms with E-state index in [4.69, 9.17) is 16.3 Å². The molecule has 0 saturated carbocycles. The Hall–Kier alpha value is -1.62. The van der Waals surface area contributed by atoms with Crippen LogP contribution < -0.4 is 10.1 Å². The number of benzene rings is 2. The molecular formula is C18H21ClFNO2. The van der Waals surface area contributed by atoms with E-state index >= 15 is 0 Å². The molecule has 0 aliphatic heterocycles. The summed E-state index contributed by atoms with van der Waals surface area (Å²) < 4.78 is 18.7. The topological polar surface area (TPSA) is 41.5 Å². The highest BCUT2D eigenvalue weighted by atomic mass is 35.5. The monoisotopic (exact) mass is 337 g/mol. The minimum absolute atomic E-state index is 0.0760. The lowest BCUT2D eigenvalue weighted by atomic mass is 10.1. The lowest BCUT2D eigenvalue weighted by molar-refractivity contribution is 0.187. The zero-order chi connectivity index (χ0) is 16.9. The van der Waals surface area contributed by atoms with Crippen LogP contribution in [0.1, 0.15) is 25.0 Å². The maximum atomic E-state index is 13.0. The lowest BCUT2D eigenvalue weighted by Crippen LogP contribution is -2.42. The highest BCUT2D eigenvalue weighted by molar-refractivity contribution is 6.31. The standard InChI is InChI=1S/C18H21ClFNO2/c1-18(2,12-22)21-10-13-3-7-16(8-4-13)23-11-14-5-6-15(20)9-17(14)19/h3-9,21-22H,10-12H2,1-2H3.